The Hall–Kier alpha value is -2.34. The molecule has 0 fully saturated rings. The number of hydrogen-bond acceptors (Lipinski definition) is 5. The number of ether oxygens (including phenoxy) is 1. The van der Waals surface area contributed by atoms with Crippen LogP contribution in [0.25, 0.3) is 0 Å². The van der Waals surface area contributed by atoms with Crippen molar-refractivity contribution >= 4 is 28.7 Å². The summed E-state index contributed by atoms with van der Waals surface area (Å²) in [6.07, 6.45) is 0. The third kappa shape index (κ3) is 2.46. The van der Waals surface area contributed by atoms with Gasteiger partial charge in [0.2, 0.25) is 0 Å². The van der Waals surface area contributed by atoms with Gasteiger partial charge in [0.15, 0.2) is 0 Å². The van der Waals surface area contributed by atoms with Crippen molar-refractivity contribution in [1.29, 1.82) is 0 Å². The number of methoxy groups -OCH3 is 1. The first-order chi connectivity index (χ1) is 10.6. The van der Waals surface area contributed by atoms with Gasteiger partial charge >= 0.3 is 5.97 Å². The van der Waals surface area contributed by atoms with Gasteiger partial charge in [-0.1, -0.05) is 12.1 Å². The number of benzene rings is 1. The Balaban J connectivity index is 2.06. The number of aliphatic carboxylic acids is 1. The van der Waals surface area contributed by atoms with Gasteiger partial charge in [0.05, 0.1) is 18.5 Å². The topological polar surface area (TPSA) is 62.1 Å². The molecule has 2 aromatic rings. The number of thiophene rings is 1. The van der Waals surface area contributed by atoms with E-state index in [1.807, 2.05) is 41.8 Å². The number of anilines is 1. The van der Waals surface area contributed by atoms with Gasteiger partial charge in [-0.05, 0) is 30.5 Å². The monoisotopic (exact) mass is 316 g/mol. The average Bonchev–Trinajstić information content (AvgIpc) is 3.14. The number of nitrogens with zero attached hydrogens (tertiary/aromatic N) is 2. The molecule has 0 spiro atoms. The maximum atomic E-state index is 11.7. The molecule has 2 atom stereocenters. The van der Waals surface area contributed by atoms with Crippen LogP contribution in [0.1, 0.15) is 17.8 Å². The van der Waals surface area contributed by atoms with Gasteiger partial charge in [-0.3, -0.25) is 9.80 Å². The van der Waals surface area contributed by atoms with Gasteiger partial charge < -0.3 is 9.84 Å². The highest BCUT2D eigenvalue weighted by atomic mass is 32.1. The number of hydrogen-bond donors (Lipinski definition) is 1. The van der Waals surface area contributed by atoms with Crippen molar-refractivity contribution in [3.05, 3.63) is 46.7 Å². The molecule has 0 amide bonds. The molecule has 0 bridgehead atoms. The zero-order valence-electron chi connectivity index (χ0n) is 12.3. The molecule has 0 radical (unpaired) electrons. The van der Waals surface area contributed by atoms with Gasteiger partial charge in [0.25, 0.3) is 0 Å². The fourth-order valence-electron chi connectivity index (χ4n) is 2.69. The Morgan fingerprint density at radius 2 is 2.18 bits per heavy atom. The zero-order chi connectivity index (χ0) is 15.7. The second-order valence-corrected chi connectivity index (χ2v) is 6.04. The van der Waals surface area contributed by atoms with E-state index < -0.39 is 11.9 Å². The Labute approximate surface area is 132 Å². The third-order valence-corrected chi connectivity index (χ3v) is 4.66. The minimum absolute atomic E-state index is 0.329. The van der Waals surface area contributed by atoms with Crippen LogP contribution in [0.5, 0.6) is 5.75 Å². The van der Waals surface area contributed by atoms with Crippen LogP contribution < -0.4 is 9.75 Å². The van der Waals surface area contributed by atoms with Crippen molar-refractivity contribution in [3.8, 4) is 5.75 Å². The summed E-state index contributed by atoms with van der Waals surface area (Å²) in [5, 5.41) is 17.8. The molecule has 1 aliphatic rings. The second-order valence-electron chi connectivity index (χ2n) is 5.06. The van der Waals surface area contributed by atoms with Crippen LogP contribution in [0.2, 0.25) is 0 Å². The average molecular weight is 316 g/mol. The number of carboxylic acids is 1. The quantitative estimate of drug-likeness (QED) is 0.939. The van der Waals surface area contributed by atoms with Gasteiger partial charge in [-0.2, -0.15) is 5.10 Å². The Morgan fingerprint density at radius 1 is 1.36 bits per heavy atom. The highest BCUT2D eigenvalue weighted by Crippen LogP contribution is 2.41. The van der Waals surface area contributed by atoms with Crippen molar-refractivity contribution < 1.29 is 14.6 Å². The third-order valence-electron chi connectivity index (χ3n) is 3.71. The predicted octanol–water partition coefficient (Wildman–Crippen LogP) is 3.39. The Morgan fingerprint density at radius 3 is 2.82 bits per heavy atom. The van der Waals surface area contributed by atoms with Gasteiger partial charge in [-0.25, -0.2) is 0 Å². The Bertz CT molecular complexity index is 712. The van der Waals surface area contributed by atoms with Crippen molar-refractivity contribution in [3.63, 3.8) is 0 Å². The van der Waals surface area contributed by atoms with Crippen LogP contribution in [0.4, 0.5) is 5.69 Å². The van der Waals surface area contributed by atoms with E-state index in [4.69, 9.17) is 4.74 Å². The lowest BCUT2D eigenvalue weighted by molar-refractivity contribution is -0.139. The largest absolute Gasteiger partial charge is 0.497 e. The molecular formula is C16H16N2O3S. The molecule has 114 valence electrons. The molecule has 0 aliphatic carbocycles. The number of rotatable bonds is 4. The van der Waals surface area contributed by atoms with Crippen LogP contribution >= 0.6 is 11.3 Å². The van der Waals surface area contributed by atoms with Crippen molar-refractivity contribution in [2.24, 2.45) is 11.0 Å². The van der Waals surface area contributed by atoms with Crippen LogP contribution in [0, 0.1) is 5.92 Å². The van der Waals surface area contributed by atoms with E-state index in [1.54, 1.807) is 30.4 Å². The fourth-order valence-corrected chi connectivity index (χ4v) is 3.54. The van der Waals surface area contributed by atoms with Crippen molar-refractivity contribution in [2.45, 2.75) is 13.0 Å². The summed E-state index contributed by atoms with van der Waals surface area (Å²) in [5.74, 6) is -0.788. The fraction of sp³-hybridized carbons (Fsp3) is 0.250. The smallest absolute Gasteiger partial charge is 0.314 e. The summed E-state index contributed by atoms with van der Waals surface area (Å²) in [5.41, 5.74) is 1.43. The molecule has 0 saturated heterocycles. The molecule has 6 heteroatoms. The molecule has 0 saturated carbocycles. The van der Waals surface area contributed by atoms with Crippen LogP contribution in [0.3, 0.4) is 0 Å². The summed E-state index contributed by atoms with van der Waals surface area (Å²) >= 11 is 1.54. The number of carbonyl (C=O) groups is 1. The molecule has 1 aromatic carbocycles. The lowest BCUT2D eigenvalue weighted by Crippen LogP contribution is -2.29. The maximum Gasteiger partial charge on any atom is 0.314 e. The number of carboxylic acid groups (broad SMARTS) is 1. The highest BCUT2D eigenvalue weighted by Gasteiger charge is 2.42. The minimum atomic E-state index is -0.856. The normalized spacial score (nSPS) is 20.8. The van der Waals surface area contributed by atoms with Gasteiger partial charge in [0.1, 0.15) is 17.7 Å². The molecule has 22 heavy (non-hydrogen) atoms. The van der Waals surface area contributed by atoms with E-state index in [0.717, 1.165) is 10.6 Å². The molecule has 1 aliphatic heterocycles. The summed E-state index contributed by atoms with van der Waals surface area (Å²) in [6.45, 7) is 1.76. The summed E-state index contributed by atoms with van der Waals surface area (Å²) < 4.78 is 5.25. The molecule has 2 heterocycles. The second kappa shape index (κ2) is 5.81. The van der Waals surface area contributed by atoms with Gasteiger partial charge in [0, 0.05) is 10.9 Å². The lowest BCUT2D eigenvalue weighted by Gasteiger charge is -2.25. The summed E-state index contributed by atoms with van der Waals surface area (Å²) in [6, 6.07) is 11.0. The Kier molecular flexibility index (Phi) is 3.85. The first-order valence-electron chi connectivity index (χ1n) is 6.86. The molecule has 1 aromatic heterocycles. The van der Waals surface area contributed by atoms with E-state index in [0.29, 0.717) is 11.5 Å². The molecular weight excluding hydrogens is 300 g/mol. The summed E-state index contributed by atoms with van der Waals surface area (Å²) in [4.78, 5) is 12.7. The lowest BCUT2D eigenvalue weighted by atomic mass is 9.95. The van der Waals surface area contributed by atoms with E-state index in [2.05, 4.69) is 5.10 Å². The van der Waals surface area contributed by atoms with Crippen LogP contribution in [0.15, 0.2) is 46.9 Å². The molecule has 5 nitrogen and oxygen atoms in total. The van der Waals surface area contributed by atoms with Crippen molar-refractivity contribution in [2.75, 3.05) is 12.1 Å². The van der Waals surface area contributed by atoms with Gasteiger partial charge in [-0.15, -0.1) is 11.3 Å². The first kappa shape index (κ1) is 14.6. The summed E-state index contributed by atoms with van der Waals surface area (Å²) in [7, 11) is 1.61. The number of hydrazone groups is 1. The van der Waals surface area contributed by atoms with E-state index in [-0.39, 0.29) is 6.04 Å². The predicted molar refractivity (Wildman–Crippen MR) is 86.8 cm³/mol. The standard InChI is InChI=1S/C16H16N2O3S/c1-10-14(16(19)20)15(13-7-4-8-22-13)18(17-10)11-5-3-6-12(9-11)21-2/h3-9,14-15H,1-2H3,(H,19,20). The van der Waals surface area contributed by atoms with E-state index in [9.17, 15) is 9.90 Å². The van der Waals surface area contributed by atoms with E-state index in [1.165, 1.54) is 0 Å². The van der Waals surface area contributed by atoms with E-state index >= 15 is 0 Å². The SMILES string of the molecule is COc1cccc(N2N=C(C)C(C(=O)O)C2c2cccs2)c1. The zero-order valence-corrected chi connectivity index (χ0v) is 13.1. The van der Waals surface area contributed by atoms with Crippen LogP contribution in [-0.2, 0) is 4.79 Å². The molecule has 3 rings (SSSR count). The molecule has 2 unspecified atom stereocenters. The van der Waals surface area contributed by atoms with Crippen LogP contribution in [-0.4, -0.2) is 23.9 Å². The first-order valence-corrected chi connectivity index (χ1v) is 7.74. The highest BCUT2D eigenvalue weighted by molar-refractivity contribution is 7.10. The van der Waals surface area contributed by atoms with Crippen molar-refractivity contribution in [1.82, 2.24) is 0 Å². The molecule has 1 N–H and O–H groups in total. The minimum Gasteiger partial charge on any atom is -0.497 e. The maximum absolute atomic E-state index is 11.7.